The molecule has 0 spiro atoms. The number of carbonyl (C=O) groups excluding carboxylic acids is 2. The number of ether oxygens (including phenoxy) is 3. The predicted molar refractivity (Wildman–Crippen MR) is 93.0 cm³/mol. The van der Waals surface area contributed by atoms with Crippen LogP contribution in [0.25, 0.3) is 11.3 Å². The molecule has 0 fully saturated rings. The van der Waals surface area contributed by atoms with E-state index in [0.29, 0.717) is 17.4 Å². The van der Waals surface area contributed by atoms with Crippen molar-refractivity contribution < 1.29 is 28.3 Å². The van der Waals surface area contributed by atoms with Crippen LogP contribution in [0.4, 0.5) is 4.79 Å². The van der Waals surface area contributed by atoms with E-state index in [9.17, 15) is 9.59 Å². The molecule has 1 amide bonds. The van der Waals surface area contributed by atoms with Gasteiger partial charge in [0.2, 0.25) is 0 Å². The van der Waals surface area contributed by atoms with Crippen LogP contribution in [-0.2, 0) is 9.53 Å². The van der Waals surface area contributed by atoms with Gasteiger partial charge >= 0.3 is 12.1 Å². The van der Waals surface area contributed by atoms with Crippen molar-refractivity contribution in [2.45, 2.75) is 33.3 Å². The van der Waals surface area contributed by atoms with Gasteiger partial charge in [0.25, 0.3) is 5.88 Å². The molecule has 1 heterocycles. The van der Waals surface area contributed by atoms with Crippen molar-refractivity contribution >= 4 is 12.1 Å². The molecule has 8 nitrogen and oxygen atoms in total. The molecule has 0 aliphatic carbocycles. The molecule has 26 heavy (non-hydrogen) atoms. The van der Waals surface area contributed by atoms with Crippen molar-refractivity contribution in [1.29, 1.82) is 0 Å². The topological polar surface area (TPSA) is 99.9 Å². The Hall–Kier alpha value is -3.03. The van der Waals surface area contributed by atoms with Gasteiger partial charge in [-0.3, -0.25) is 4.79 Å². The number of hydrogen-bond acceptors (Lipinski definition) is 7. The standard InChI is InChI=1S/C18H22N2O6/c1-12(21)24-14-7-5-13(6-8-14)15-11-16(20-26-15)23-10-9-19-17(22)25-18(2,3)4/h5-8,11H,9-10H2,1-4H3,(H,19,22). The van der Waals surface area contributed by atoms with Crippen molar-refractivity contribution in [3.63, 3.8) is 0 Å². The third-order valence-electron chi connectivity index (χ3n) is 2.91. The minimum atomic E-state index is -0.545. The summed E-state index contributed by atoms with van der Waals surface area (Å²) in [6, 6.07) is 8.43. The number of nitrogens with one attached hydrogen (secondary N) is 1. The van der Waals surface area contributed by atoms with Gasteiger partial charge in [0.1, 0.15) is 18.0 Å². The van der Waals surface area contributed by atoms with E-state index in [4.69, 9.17) is 18.7 Å². The van der Waals surface area contributed by atoms with Crippen LogP contribution in [0.1, 0.15) is 27.7 Å². The first-order valence-electron chi connectivity index (χ1n) is 8.08. The van der Waals surface area contributed by atoms with Gasteiger partial charge < -0.3 is 24.1 Å². The molecule has 0 saturated heterocycles. The first-order chi connectivity index (χ1) is 12.2. The Morgan fingerprint density at radius 2 is 1.88 bits per heavy atom. The van der Waals surface area contributed by atoms with E-state index < -0.39 is 11.7 Å². The number of aromatic nitrogens is 1. The second-order valence-electron chi connectivity index (χ2n) is 6.42. The van der Waals surface area contributed by atoms with Crippen molar-refractivity contribution in [3.8, 4) is 23.0 Å². The summed E-state index contributed by atoms with van der Waals surface area (Å²) in [7, 11) is 0. The van der Waals surface area contributed by atoms with Gasteiger partial charge in [0.05, 0.1) is 6.54 Å². The van der Waals surface area contributed by atoms with E-state index in [0.717, 1.165) is 5.56 Å². The minimum Gasteiger partial charge on any atom is -0.474 e. The highest BCUT2D eigenvalue weighted by Gasteiger charge is 2.15. The molecule has 1 aromatic carbocycles. The van der Waals surface area contributed by atoms with Crippen molar-refractivity contribution in [2.75, 3.05) is 13.2 Å². The monoisotopic (exact) mass is 362 g/mol. The van der Waals surface area contributed by atoms with Crippen LogP contribution < -0.4 is 14.8 Å². The van der Waals surface area contributed by atoms with E-state index in [1.54, 1.807) is 51.1 Å². The Morgan fingerprint density at radius 3 is 2.50 bits per heavy atom. The fraction of sp³-hybridized carbons (Fsp3) is 0.389. The van der Waals surface area contributed by atoms with Crippen LogP contribution in [0, 0.1) is 0 Å². The van der Waals surface area contributed by atoms with E-state index >= 15 is 0 Å². The fourth-order valence-corrected chi connectivity index (χ4v) is 1.94. The molecule has 0 unspecified atom stereocenters. The van der Waals surface area contributed by atoms with Crippen LogP contribution in [0.2, 0.25) is 0 Å². The molecule has 1 N–H and O–H groups in total. The lowest BCUT2D eigenvalue weighted by Crippen LogP contribution is -2.34. The summed E-state index contributed by atoms with van der Waals surface area (Å²) in [5.41, 5.74) is 0.215. The fourth-order valence-electron chi connectivity index (χ4n) is 1.94. The zero-order chi connectivity index (χ0) is 19.2. The molecule has 8 heteroatoms. The number of alkyl carbamates (subject to hydrolysis) is 1. The van der Waals surface area contributed by atoms with Crippen LogP contribution in [0.3, 0.4) is 0 Å². The van der Waals surface area contributed by atoms with Gasteiger partial charge in [-0.25, -0.2) is 4.79 Å². The quantitative estimate of drug-likeness (QED) is 0.478. The smallest absolute Gasteiger partial charge is 0.407 e. The number of benzene rings is 1. The van der Waals surface area contributed by atoms with E-state index in [1.807, 2.05) is 0 Å². The summed E-state index contributed by atoms with van der Waals surface area (Å²) in [5.74, 6) is 0.878. The van der Waals surface area contributed by atoms with Crippen molar-refractivity contribution in [2.24, 2.45) is 0 Å². The zero-order valence-electron chi connectivity index (χ0n) is 15.2. The Kier molecular flexibility index (Phi) is 6.21. The predicted octanol–water partition coefficient (Wildman–Crippen LogP) is 3.17. The van der Waals surface area contributed by atoms with Gasteiger partial charge in [0, 0.05) is 18.6 Å². The molecule has 2 rings (SSSR count). The van der Waals surface area contributed by atoms with E-state index in [2.05, 4.69) is 10.5 Å². The number of amides is 1. The number of esters is 1. The average molecular weight is 362 g/mol. The van der Waals surface area contributed by atoms with Crippen molar-refractivity contribution in [3.05, 3.63) is 30.3 Å². The number of hydrogen-bond donors (Lipinski definition) is 1. The highest BCUT2D eigenvalue weighted by atomic mass is 16.6. The second-order valence-corrected chi connectivity index (χ2v) is 6.42. The molecule has 1 aromatic heterocycles. The molecular formula is C18H22N2O6. The largest absolute Gasteiger partial charge is 0.474 e. The highest BCUT2D eigenvalue weighted by molar-refractivity contribution is 5.70. The molecule has 0 radical (unpaired) electrons. The van der Waals surface area contributed by atoms with Gasteiger partial charge in [-0.05, 0) is 50.2 Å². The zero-order valence-corrected chi connectivity index (χ0v) is 15.2. The number of rotatable bonds is 6. The lowest BCUT2D eigenvalue weighted by molar-refractivity contribution is -0.131. The summed E-state index contributed by atoms with van der Waals surface area (Å²) in [4.78, 5) is 22.4. The Labute approximate surface area is 151 Å². The number of carbonyl (C=O) groups is 2. The van der Waals surface area contributed by atoms with Crippen LogP contribution in [0.15, 0.2) is 34.9 Å². The van der Waals surface area contributed by atoms with Gasteiger partial charge in [-0.2, -0.15) is 0 Å². The lowest BCUT2D eigenvalue weighted by Gasteiger charge is -2.19. The van der Waals surface area contributed by atoms with Gasteiger partial charge in [-0.1, -0.05) is 0 Å². The molecule has 0 aliphatic heterocycles. The first kappa shape index (κ1) is 19.3. The minimum absolute atomic E-state index is 0.219. The maximum Gasteiger partial charge on any atom is 0.407 e. The molecule has 0 saturated carbocycles. The average Bonchev–Trinajstić information content (AvgIpc) is 2.99. The molecule has 140 valence electrons. The normalized spacial score (nSPS) is 10.9. The maximum atomic E-state index is 11.5. The summed E-state index contributed by atoms with van der Waals surface area (Å²) in [6.45, 7) is 7.20. The van der Waals surface area contributed by atoms with E-state index in [1.165, 1.54) is 6.92 Å². The molecule has 0 aliphatic rings. The SMILES string of the molecule is CC(=O)Oc1ccc(-c2cc(OCCNC(=O)OC(C)(C)C)no2)cc1. The summed E-state index contributed by atoms with van der Waals surface area (Å²) in [5, 5.41) is 6.40. The highest BCUT2D eigenvalue weighted by Crippen LogP contribution is 2.25. The second kappa shape index (κ2) is 8.37. The van der Waals surface area contributed by atoms with Crippen LogP contribution >= 0.6 is 0 Å². The molecule has 2 aromatic rings. The first-order valence-corrected chi connectivity index (χ1v) is 8.08. The summed E-state index contributed by atoms with van der Waals surface area (Å²) < 4.78 is 20.7. The van der Waals surface area contributed by atoms with E-state index in [-0.39, 0.29) is 19.1 Å². The Morgan fingerprint density at radius 1 is 1.19 bits per heavy atom. The Balaban J connectivity index is 1.80. The van der Waals surface area contributed by atoms with Crippen LogP contribution in [-0.4, -0.2) is 36.0 Å². The third kappa shape index (κ3) is 6.46. The Bertz CT molecular complexity index is 746. The van der Waals surface area contributed by atoms with Gasteiger partial charge in [0.15, 0.2) is 5.76 Å². The molecular weight excluding hydrogens is 340 g/mol. The summed E-state index contributed by atoms with van der Waals surface area (Å²) in [6.07, 6.45) is -0.505. The van der Waals surface area contributed by atoms with Gasteiger partial charge in [-0.15, -0.1) is 0 Å². The molecule has 0 bridgehead atoms. The number of nitrogens with zero attached hydrogens (tertiary/aromatic N) is 1. The third-order valence-corrected chi connectivity index (χ3v) is 2.91. The lowest BCUT2D eigenvalue weighted by atomic mass is 10.2. The maximum absolute atomic E-state index is 11.5. The summed E-state index contributed by atoms with van der Waals surface area (Å²) >= 11 is 0. The van der Waals surface area contributed by atoms with Crippen LogP contribution in [0.5, 0.6) is 11.6 Å². The van der Waals surface area contributed by atoms with Crippen molar-refractivity contribution in [1.82, 2.24) is 10.5 Å². The molecule has 0 atom stereocenters.